The maximum Gasteiger partial charge on any atom is 0.250 e. The van der Waals surface area contributed by atoms with Gasteiger partial charge in [0.05, 0.1) is 42.8 Å². The Hall–Kier alpha value is -1.34. The van der Waals surface area contributed by atoms with Crippen LogP contribution >= 0.6 is 11.6 Å². The third kappa shape index (κ3) is 4.84. The van der Waals surface area contributed by atoms with Crippen molar-refractivity contribution >= 4 is 28.9 Å². The summed E-state index contributed by atoms with van der Waals surface area (Å²) in [6, 6.07) is 5.47. The molecule has 1 fully saturated rings. The van der Waals surface area contributed by atoms with Gasteiger partial charge in [-0.3, -0.25) is 4.79 Å². The van der Waals surface area contributed by atoms with E-state index in [0.717, 1.165) is 18.8 Å². The minimum Gasteiger partial charge on any atom is -0.382 e. The van der Waals surface area contributed by atoms with E-state index in [4.69, 9.17) is 25.8 Å². The molecule has 1 amide bonds. The molecule has 1 N–H and O–H groups in total. The molecule has 0 aromatic heterocycles. The molecular weight excluding hydrogens is 308 g/mol. The van der Waals surface area contributed by atoms with Gasteiger partial charge >= 0.3 is 0 Å². The number of ether oxygens (including phenoxy) is 3. The van der Waals surface area contributed by atoms with Crippen molar-refractivity contribution in [2.45, 2.75) is 0 Å². The predicted molar refractivity (Wildman–Crippen MR) is 85.8 cm³/mol. The minimum atomic E-state index is -0.215. The van der Waals surface area contributed by atoms with Crippen LogP contribution in [0.1, 0.15) is 0 Å². The molecule has 6 nitrogen and oxygen atoms in total. The SMILES string of the molecule is COCCOCC(=O)Nc1cccc(Cl)c1N1CCOCC1. The van der Waals surface area contributed by atoms with Gasteiger partial charge in [0.2, 0.25) is 5.91 Å². The number of benzene rings is 1. The fourth-order valence-electron chi connectivity index (χ4n) is 2.22. The number of hydrogen-bond donors (Lipinski definition) is 1. The number of para-hydroxylation sites is 1. The van der Waals surface area contributed by atoms with Gasteiger partial charge in [0.15, 0.2) is 0 Å². The molecule has 0 spiro atoms. The summed E-state index contributed by atoms with van der Waals surface area (Å²) in [6.07, 6.45) is 0. The van der Waals surface area contributed by atoms with Gasteiger partial charge in [-0.1, -0.05) is 17.7 Å². The van der Waals surface area contributed by atoms with Gasteiger partial charge in [0, 0.05) is 20.2 Å². The molecule has 0 bridgehead atoms. The monoisotopic (exact) mass is 328 g/mol. The Morgan fingerprint density at radius 3 is 2.86 bits per heavy atom. The van der Waals surface area contributed by atoms with E-state index in [1.54, 1.807) is 7.11 Å². The lowest BCUT2D eigenvalue weighted by atomic mass is 10.2. The lowest BCUT2D eigenvalue weighted by Gasteiger charge is -2.31. The Bertz CT molecular complexity index is 492. The fourth-order valence-corrected chi connectivity index (χ4v) is 2.51. The van der Waals surface area contributed by atoms with Crippen molar-refractivity contribution in [2.24, 2.45) is 0 Å². The van der Waals surface area contributed by atoms with Crippen LogP contribution in [0.15, 0.2) is 18.2 Å². The third-order valence-corrected chi connectivity index (χ3v) is 3.56. The minimum absolute atomic E-state index is 0.0155. The molecular formula is C15H21ClN2O4. The average Bonchev–Trinajstić information content (AvgIpc) is 2.53. The van der Waals surface area contributed by atoms with E-state index < -0.39 is 0 Å². The number of methoxy groups -OCH3 is 1. The highest BCUT2D eigenvalue weighted by Gasteiger charge is 2.18. The topological polar surface area (TPSA) is 60.0 Å². The van der Waals surface area contributed by atoms with E-state index in [1.807, 2.05) is 18.2 Å². The number of amides is 1. The van der Waals surface area contributed by atoms with E-state index in [9.17, 15) is 4.79 Å². The van der Waals surface area contributed by atoms with Gasteiger partial charge in [0.1, 0.15) is 6.61 Å². The van der Waals surface area contributed by atoms with Crippen molar-refractivity contribution in [2.75, 3.05) is 63.5 Å². The highest BCUT2D eigenvalue weighted by atomic mass is 35.5. The molecule has 0 saturated carbocycles. The number of halogens is 1. The summed E-state index contributed by atoms with van der Waals surface area (Å²) in [7, 11) is 1.59. The Morgan fingerprint density at radius 2 is 2.14 bits per heavy atom. The molecule has 0 atom stereocenters. The number of nitrogens with zero attached hydrogens (tertiary/aromatic N) is 1. The van der Waals surface area contributed by atoms with E-state index in [2.05, 4.69) is 10.2 Å². The molecule has 1 heterocycles. The van der Waals surface area contributed by atoms with Gasteiger partial charge in [-0.25, -0.2) is 0 Å². The Kier molecular flexibility index (Phi) is 6.92. The zero-order valence-corrected chi connectivity index (χ0v) is 13.4. The molecule has 2 rings (SSSR count). The van der Waals surface area contributed by atoms with Crippen LogP contribution in [0, 0.1) is 0 Å². The van der Waals surface area contributed by atoms with E-state index in [1.165, 1.54) is 0 Å². The molecule has 1 aliphatic heterocycles. The molecule has 0 aliphatic carbocycles. The van der Waals surface area contributed by atoms with Crippen molar-refractivity contribution in [3.05, 3.63) is 23.2 Å². The van der Waals surface area contributed by atoms with E-state index >= 15 is 0 Å². The summed E-state index contributed by atoms with van der Waals surface area (Å²) in [6.45, 7) is 3.63. The van der Waals surface area contributed by atoms with Crippen LogP contribution in [0.2, 0.25) is 5.02 Å². The second-order valence-electron chi connectivity index (χ2n) is 4.83. The predicted octanol–water partition coefficient (Wildman–Crippen LogP) is 1.78. The summed E-state index contributed by atoms with van der Waals surface area (Å²) >= 11 is 6.31. The Morgan fingerprint density at radius 1 is 1.36 bits per heavy atom. The maximum atomic E-state index is 12.0. The molecule has 22 heavy (non-hydrogen) atoms. The molecule has 1 aliphatic rings. The highest BCUT2D eigenvalue weighted by Crippen LogP contribution is 2.34. The number of nitrogens with one attached hydrogen (secondary N) is 1. The zero-order valence-electron chi connectivity index (χ0n) is 12.6. The van der Waals surface area contributed by atoms with Crippen LogP contribution in [0.4, 0.5) is 11.4 Å². The Labute approximate surface area is 135 Å². The van der Waals surface area contributed by atoms with E-state index in [0.29, 0.717) is 37.1 Å². The number of rotatable bonds is 7. The van der Waals surface area contributed by atoms with Gasteiger partial charge in [0.25, 0.3) is 0 Å². The van der Waals surface area contributed by atoms with Crippen LogP contribution in [-0.2, 0) is 19.0 Å². The van der Waals surface area contributed by atoms with Crippen LogP contribution in [0.25, 0.3) is 0 Å². The number of anilines is 2. The first-order chi connectivity index (χ1) is 10.7. The maximum absolute atomic E-state index is 12.0. The van der Waals surface area contributed by atoms with Crippen molar-refractivity contribution in [3.63, 3.8) is 0 Å². The van der Waals surface area contributed by atoms with Crippen LogP contribution in [-0.4, -0.2) is 59.1 Å². The average molecular weight is 329 g/mol. The first-order valence-corrected chi connectivity index (χ1v) is 7.58. The molecule has 7 heteroatoms. The van der Waals surface area contributed by atoms with E-state index in [-0.39, 0.29) is 12.5 Å². The number of carbonyl (C=O) groups is 1. The number of morpholine rings is 1. The zero-order chi connectivity index (χ0) is 15.8. The number of hydrogen-bond acceptors (Lipinski definition) is 5. The highest BCUT2D eigenvalue weighted by molar-refractivity contribution is 6.34. The normalized spacial score (nSPS) is 14.9. The first kappa shape index (κ1) is 17.0. The van der Waals surface area contributed by atoms with Crippen LogP contribution < -0.4 is 10.2 Å². The quantitative estimate of drug-likeness (QED) is 0.773. The molecule has 1 aromatic rings. The van der Waals surface area contributed by atoms with Crippen molar-refractivity contribution < 1.29 is 19.0 Å². The van der Waals surface area contributed by atoms with Crippen molar-refractivity contribution in [1.82, 2.24) is 0 Å². The fraction of sp³-hybridized carbons (Fsp3) is 0.533. The van der Waals surface area contributed by atoms with Gasteiger partial charge in [-0.2, -0.15) is 0 Å². The summed E-state index contributed by atoms with van der Waals surface area (Å²) in [5.74, 6) is -0.215. The lowest BCUT2D eigenvalue weighted by Crippen LogP contribution is -2.37. The largest absolute Gasteiger partial charge is 0.382 e. The third-order valence-electron chi connectivity index (χ3n) is 3.25. The molecule has 1 aromatic carbocycles. The molecule has 122 valence electrons. The first-order valence-electron chi connectivity index (χ1n) is 7.20. The standard InChI is InChI=1S/C15H21ClN2O4/c1-20-9-10-22-11-14(19)17-13-4-2-3-12(16)15(13)18-5-7-21-8-6-18/h2-4H,5-11H2,1H3,(H,17,19). The van der Waals surface area contributed by atoms with Gasteiger partial charge < -0.3 is 24.4 Å². The number of carbonyl (C=O) groups excluding carboxylic acids is 1. The summed E-state index contributed by atoms with van der Waals surface area (Å²) in [5, 5.41) is 3.47. The van der Waals surface area contributed by atoms with Crippen LogP contribution in [0.5, 0.6) is 0 Å². The Balaban J connectivity index is 2.00. The summed E-state index contributed by atoms with van der Waals surface area (Å²) in [4.78, 5) is 14.1. The smallest absolute Gasteiger partial charge is 0.250 e. The van der Waals surface area contributed by atoms with Crippen molar-refractivity contribution in [1.29, 1.82) is 0 Å². The summed E-state index contributed by atoms with van der Waals surface area (Å²) < 4.78 is 15.4. The molecule has 0 unspecified atom stereocenters. The van der Waals surface area contributed by atoms with Gasteiger partial charge in [-0.05, 0) is 12.1 Å². The lowest BCUT2D eigenvalue weighted by molar-refractivity contribution is -0.121. The van der Waals surface area contributed by atoms with Gasteiger partial charge in [-0.15, -0.1) is 0 Å². The van der Waals surface area contributed by atoms with Crippen LogP contribution in [0.3, 0.4) is 0 Å². The summed E-state index contributed by atoms with van der Waals surface area (Å²) in [5.41, 5.74) is 1.52. The second-order valence-corrected chi connectivity index (χ2v) is 5.24. The molecule has 0 radical (unpaired) electrons. The molecule has 1 saturated heterocycles. The second kappa shape index (κ2) is 8.95. The van der Waals surface area contributed by atoms with Crippen molar-refractivity contribution in [3.8, 4) is 0 Å².